The van der Waals surface area contributed by atoms with Gasteiger partial charge in [0.25, 0.3) is 0 Å². The molecule has 1 aliphatic rings. The normalized spacial score (nSPS) is 13.3. The van der Waals surface area contributed by atoms with Crippen LogP contribution in [-0.2, 0) is 17.6 Å². The molecule has 1 fully saturated rings. The molecule has 2 aromatic carbocycles. The molecule has 6 heteroatoms. The van der Waals surface area contributed by atoms with Crippen molar-refractivity contribution in [1.29, 1.82) is 0 Å². The van der Waals surface area contributed by atoms with Gasteiger partial charge >= 0.3 is 5.97 Å². The van der Waals surface area contributed by atoms with Crippen molar-refractivity contribution >= 4 is 17.6 Å². The van der Waals surface area contributed by atoms with Crippen LogP contribution < -0.4 is 15.4 Å². The van der Waals surface area contributed by atoms with Gasteiger partial charge in [0.05, 0.1) is 13.0 Å². The summed E-state index contributed by atoms with van der Waals surface area (Å²) in [5.74, 6) is -0.474. The van der Waals surface area contributed by atoms with Crippen LogP contribution in [0.25, 0.3) is 0 Å². The first kappa shape index (κ1) is 26.2. The largest absolute Gasteiger partial charge is 0.493 e. The summed E-state index contributed by atoms with van der Waals surface area (Å²) in [6.45, 7) is 9.23. The van der Waals surface area contributed by atoms with E-state index in [0.29, 0.717) is 12.2 Å². The molecule has 1 aliphatic heterocycles. The van der Waals surface area contributed by atoms with Crippen LogP contribution in [0.2, 0.25) is 0 Å². The number of aromatic carboxylic acids is 1. The highest BCUT2D eigenvalue weighted by atomic mass is 16.5. The zero-order valence-electron chi connectivity index (χ0n) is 20.2. The van der Waals surface area contributed by atoms with Crippen LogP contribution in [0, 0.1) is 5.92 Å². The molecule has 0 aromatic heterocycles. The van der Waals surface area contributed by atoms with Crippen LogP contribution in [0.1, 0.15) is 67.9 Å². The Morgan fingerprint density at radius 2 is 1.79 bits per heavy atom. The Balaban J connectivity index is 0.000000234. The van der Waals surface area contributed by atoms with E-state index < -0.39 is 11.9 Å². The number of benzene rings is 2. The average Bonchev–Trinajstić information content (AvgIpc) is 2.79. The van der Waals surface area contributed by atoms with Gasteiger partial charge in [0.2, 0.25) is 5.91 Å². The van der Waals surface area contributed by atoms with Crippen molar-refractivity contribution in [3.05, 3.63) is 59.2 Å². The number of hydrogen-bond donors (Lipinski definition) is 2. The van der Waals surface area contributed by atoms with Crippen molar-refractivity contribution in [3.63, 3.8) is 0 Å². The lowest BCUT2D eigenvalue weighted by atomic mass is 10.00. The summed E-state index contributed by atoms with van der Waals surface area (Å²) in [7, 11) is 0. The molecule has 0 atom stereocenters. The van der Waals surface area contributed by atoms with E-state index in [0.717, 1.165) is 5.92 Å². The van der Waals surface area contributed by atoms with Crippen molar-refractivity contribution in [1.82, 2.24) is 0 Å². The molecule has 3 N–H and O–H groups in total. The smallest absolute Gasteiger partial charge is 0.339 e. The van der Waals surface area contributed by atoms with Crippen molar-refractivity contribution in [2.75, 3.05) is 24.6 Å². The van der Waals surface area contributed by atoms with E-state index in [1.165, 1.54) is 63.0 Å². The molecule has 0 spiro atoms. The van der Waals surface area contributed by atoms with Gasteiger partial charge in [0, 0.05) is 18.8 Å². The Hall–Kier alpha value is -3.02. The zero-order valence-corrected chi connectivity index (χ0v) is 20.2. The van der Waals surface area contributed by atoms with Gasteiger partial charge in [-0.15, -0.1) is 0 Å². The van der Waals surface area contributed by atoms with Gasteiger partial charge < -0.3 is 20.5 Å². The molecule has 0 aliphatic carbocycles. The lowest BCUT2D eigenvalue weighted by molar-refractivity contribution is -0.117. The van der Waals surface area contributed by atoms with Gasteiger partial charge in [0.15, 0.2) is 0 Å². The predicted octanol–water partition coefficient (Wildman–Crippen LogP) is 5.08. The number of carboxylic acids is 1. The molecule has 1 saturated heterocycles. The van der Waals surface area contributed by atoms with E-state index >= 15 is 0 Å². The molecule has 180 valence electrons. The fraction of sp³-hybridized carbons (Fsp3) is 0.481. The van der Waals surface area contributed by atoms with Gasteiger partial charge in [-0.1, -0.05) is 38.1 Å². The number of para-hydroxylation sites is 1. The first-order chi connectivity index (χ1) is 15.8. The fourth-order valence-electron chi connectivity index (χ4n) is 3.94. The summed E-state index contributed by atoms with van der Waals surface area (Å²) in [5, 5.41) is 8.89. The number of carbonyl (C=O) groups is 2. The number of piperidine rings is 1. The second-order valence-electron chi connectivity index (χ2n) is 8.82. The minimum absolute atomic E-state index is 0.0694. The molecule has 33 heavy (non-hydrogen) atoms. The number of rotatable bonds is 9. The van der Waals surface area contributed by atoms with Gasteiger partial charge in [-0.05, 0) is 74.3 Å². The Bertz CT molecular complexity index is 905. The SMILES string of the molecule is CC(C)CCc1ccccc1N1CCCCC1.CCOc1cc(CC(N)=O)ccc1C(=O)O. The van der Waals surface area contributed by atoms with Gasteiger partial charge in [-0.2, -0.15) is 0 Å². The van der Waals surface area contributed by atoms with E-state index in [1.807, 2.05) is 0 Å². The van der Waals surface area contributed by atoms with E-state index in [2.05, 4.69) is 43.0 Å². The lowest BCUT2D eigenvalue weighted by Gasteiger charge is -2.30. The van der Waals surface area contributed by atoms with Crippen molar-refractivity contribution in [2.45, 2.75) is 59.3 Å². The van der Waals surface area contributed by atoms with Crippen LogP contribution in [0.15, 0.2) is 42.5 Å². The summed E-state index contributed by atoms with van der Waals surface area (Å²) >= 11 is 0. The third-order valence-electron chi connectivity index (χ3n) is 5.63. The van der Waals surface area contributed by atoms with E-state index in [1.54, 1.807) is 18.6 Å². The van der Waals surface area contributed by atoms with E-state index in [4.69, 9.17) is 15.6 Å². The quantitative estimate of drug-likeness (QED) is 0.551. The average molecular weight is 455 g/mol. The number of anilines is 1. The number of nitrogens with two attached hydrogens (primary N) is 1. The molecule has 6 nitrogen and oxygen atoms in total. The monoisotopic (exact) mass is 454 g/mol. The van der Waals surface area contributed by atoms with Gasteiger partial charge in [0.1, 0.15) is 11.3 Å². The number of carboxylic acid groups (broad SMARTS) is 1. The fourth-order valence-corrected chi connectivity index (χ4v) is 3.94. The summed E-state index contributed by atoms with van der Waals surface area (Å²) in [5.41, 5.74) is 8.81. The number of hydrogen-bond acceptors (Lipinski definition) is 4. The zero-order chi connectivity index (χ0) is 24.2. The maximum atomic E-state index is 10.9. The number of nitrogens with zero attached hydrogens (tertiary/aromatic N) is 1. The highest BCUT2D eigenvalue weighted by molar-refractivity contribution is 5.91. The second kappa shape index (κ2) is 13.5. The van der Waals surface area contributed by atoms with Crippen LogP contribution >= 0.6 is 0 Å². The molecular weight excluding hydrogens is 416 g/mol. The first-order valence-corrected chi connectivity index (χ1v) is 11.9. The number of amides is 1. The predicted molar refractivity (Wildman–Crippen MR) is 133 cm³/mol. The summed E-state index contributed by atoms with van der Waals surface area (Å²) < 4.78 is 5.19. The summed E-state index contributed by atoms with van der Waals surface area (Å²) in [4.78, 5) is 24.2. The molecule has 1 amide bonds. The Morgan fingerprint density at radius 1 is 1.09 bits per heavy atom. The van der Waals surface area contributed by atoms with Crippen LogP contribution in [0.4, 0.5) is 5.69 Å². The van der Waals surface area contributed by atoms with Crippen LogP contribution in [-0.4, -0.2) is 36.7 Å². The molecule has 2 aromatic rings. The van der Waals surface area contributed by atoms with Crippen LogP contribution in [0.3, 0.4) is 0 Å². The molecule has 0 bridgehead atoms. The van der Waals surface area contributed by atoms with Crippen molar-refractivity contribution in [3.8, 4) is 5.75 Å². The van der Waals surface area contributed by atoms with Crippen molar-refractivity contribution < 1.29 is 19.4 Å². The van der Waals surface area contributed by atoms with E-state index in [9.17, 15) is 9.59 Å². The summed E-state index contributed by atoms with van der Waals surface area (Å²) in [6, 6.07) is 13.5. The molecule has 3 rings (SSSR count). The standard InChI is InChI=1S/C16H25N.C11H13NO4/c1-14(2)10-11-15-8-4-5-9-16(15)17-12-6-3-7-13-17;1-2-16-9-5-7(6-10(12)13)3-4-8(9)11(14)15/h4-5,8-9,14H,3,6-7,10-13H2,1-2H3;3-5H,2,6H2,1H3,(H2,12,13)(H,14,15). The number of carbonyl (C=O) groups excluding carboxylic acids is 1. The topological polar surface area (TPSA) is 92.9 Å². The maximum Gasteiger partial charge on any atom is 0.339 e. The highest BCUT2D eigenvalue weighted by Gasteiger charge is 2.14. The van der Waals surface area contributed by atoms with Crippen LogP contribution in [0.5, 0.6) is 5.75 Å². The number of aryl methyl sites for hydroxylation is 1. The minimum Gasteiger partial charge on any atom is -0.493 e. The Morgan fingerprint density at radius 3 is 2.39 bits per heavy atom. The third kappa shape index (κ3) is 8.79. The Labute approximate surface area is 197 Å². The van der Waals surface area contributed by atoms with Crippen molar-refractivity contribution in [2.24, 2.45) is 11.7 Å². The third-order valence-corrected chi connectivity index (χ3v) is 5.63. The minimum atomic E-state index is -1.06. The van der Waals surface area contributed by atoms with E-state index in [-0.39, 0.29) is 17.7 Å². The van der Waals surface area contributed by atoms with Gasteiger partial charge in [-0.25, -0.2) is 4.79 Å². The first-order valence-electron chi connectivity index (χ1n) is 11.9. The summed E-state index contributed by atoms with van der Waals surface area (Å²) in [6.07, 6.45) is 6.72. The molecule has 0 radical (unpaired) electrons. The number of primary amides is 1. The second-order valence-corrected chi connectivity index (χ2v) is 8.82. The van der Waals surface area contributed by atoms with Gasteiger partial charge in [-0.3, -0.25) is 4.79 Å². The molecule has 0 saturated carbocycles. The molecular formula is C27H38N2O4. The maximum absolute atomic E-state index is 10.9. The Kier molecular flexibility index (Phi) is 10.7. The molecule has 1 heterocycles. The highest BCUT2D eigenvalue weighted by Crippen LogP contribution is 2.26. The lowest BCUT2D eigenvalue weighted by Crippen LogP contribution is -2.30. The number of ether oxygens (including phenoxy) is 1. The molecule has 0 unspecified atom stereocenters.